The van der Waals surface area contributed by atoms with E-state index >= 15 is 0 Å². The highest BCUT2D eigenvalue weighted by Crippen LogP contribution is 2.15. The van der Waals surface area contributed by atoms with E-state index in [9.17, 15) is 18.0 Å². The van der Waals surface area contributed by atoms with Crippen LogP contribution in [-0.4, -0.2) is 44.8 Å². The van der Waals surface area contributed by atoms with Gasteiger partial charge in [-0.3, -0.25) is 9.79 Å². The largest absolute Gasteiger partial charge is 0.411 e. The van der Waals surface area contributed by atoms with E-state index in [0.717, 1.165) is 5.56 Å². The molecular formula is C21H26F3IN4O2. The van der Waals surface area contributed by atoms with Crippen LogP contribution >= 0.6 is 24.0 Å². The summed E-state index contributed by atoms with van der Waals surface area (Å²) in [6, 6.07) is 16.0. The molecule has 0 aromatic heterocycles. The standard InChI is InChI=1S/C21H25F3N4O2.HI/c1-25-20(27-12-11-26-19(29)18-5-3-2-4-6-18)28-13-16-7-9-17(10-8-16)14-30-15-21(22,23)24;/h2-10H,11-15H2,1H3,(H,26,29)(H2,25,27,28);1H. The first-order valence-corrected chi connectivity index (χ1v) is 9.37. The van der Waals surface area contributed by atoms with E-state index in [1.54, 1.807) is 43.4 Å². The van der Waals surface area contributed by atoms with E-state index in [1.807, 2.05) is 18.2 Å². The van der Waals surface area contributed by atoms with E-state index in [0.29, 0.717) is 36.7 Å². The molecule has 0 atom stereocenters. The highest BCUT2D eigenvalue weighted by atomic mass is 127. The minimum absolute atomic E-state index is 0. The molecule has 0 saturated heterocycles. The summed E-state index contributed by atoms with van der Waals surface area (Å²) < 4.78 is 40.9. The highest BCUT2D eigenvalue weighted by molar-refractivity contribution is 14.0. The van der Waals surface area contributed by atoms with E-state index in [-0.39, 0.29) is 36.5 Å². The Morgan fingerprint density at radius 1 is 0.935 bits per heavy atom. The number of benzene rings is 2. The zero-order valence-corrected chi connectivity index (χ0v) is 19.4. The SMILES string of the molecule is CN=C(NCCNC(=O)c1ccccc1)NCc1ccc(COCC(F)(F)F)cc1.I. The maximum absolute atomic E-state index is 12.1. The maximum atomic E-state index is 12.1. The predicted molar refractivity (Wildman–Crippen MR) is 125 cm³/mol. The molecule has 0 bridgehead atoms. The van der Waals surface area contributed by atoms with Crippen molar-refractivity contribution < 1.29 is 22.7 Å². The third-order valence-corrected chi connectivity index (χ3v) is 3.98. The molecule has 6 nitrogen and oxygen atoms in total. The van der Waals surface area contributed by atoms with Crippen molar-refractivity contribution in [3.05, 3.63) is 71.3 Å². The summed E-state index contributed by atoms with van der Waals surface area (Å²) in [5.41, 5.74) is 2.21. The molecule has 2 rings (SSSR count). The van der Waals surface area contributed by atoms with Crippen LogP contribution in [0.5, 0.6) is 0 Å². The van der Waals surface area contributed by atoms with Crippen LogP contribution in [-0.2, 0) is 17.9 Å². The number of guanidine groups is 1. The Bertz CT molecular complexity index is 816. The molecule has 0 aliphatic carbocycles. The molecule has 0 saturated carbocycles. The van der Waals surface area contributed by atoms with Crippen LogP contribution in [0.1, 0.15) is 21.5 Å². The lowest BCUT2D eigenvalue weighted by Crippen LogP contribution is -2.41. The molecule has 0 heterocycles. The molecule has 170 valence electrons. The van der Waals surface area contributed by atoms with E-state index in [2.05, 4.69) is 25.7 Å². The molecule has 1 amide bonds. The molecule has 0 radical (unpaired) electrons. The molecule has 0 aliphatic heterocycles. The molecule has 10 heteroatoms. The first-order valence-electron chi connectivity index (χ1n) is 9.37. The van der Waals surface area contributed by atoms with Gasteiger partial charge in [-0.05, 0) is 23.3 Å². The highest BCUT2D eigenvalue weighted by Gasteiger charge is 2.27. The van der Waals surface area contributed by atoms with Crippen molar-refractivity contribution in [3.8, 4) is 0 Å². The lowest BCUT2D eigenvalue weighted by Gasteiger charge is -2.13. The van der Waals surface area contributed by atoms with E-state index in [1.165, 1.54) is 0 Å². The number of rotatable bonds is 9. The third kappa shape index (κ3) is 11.0. The first-order chi connectivity index (χ1) is 14.4. The zero-order valence-electron chi connectivity index (χ0n) is 17.0. The fourth-order valence-electron chi connectivity index (χ4n) is 2.49. The van der Waals surface area contributed by atoms with Crippen molar-refractivity contribution in [2.24, 2.45) is 4.99 Å². The summed E-state index contributed by atoms with van der Waals surface area (Å²) >= 11 is 0. The van der Waals surface area contributed by atoms with E-state index in [4.69, 9.17) is 0 Å². The summed E-state index contributed by atoms with van der Waals surface area (Å²) in [6.45, 7) is 0.0593. The van der Waals surface area contributed by atoms with Crippen LogP contribution in [0.25, 0.3) is 0 Å². The molecule has 0 aliphatic rings. The summed E-state index contributed by atoms with van der Waals surface area (Å²) in [4.78, 5) is 16.1. The summed E-state index contributed by atoms with van der Waals surface area (Å²) in [7, 11) is 1.64. The van der Waals surface area contributed by atoms with Crippen molar-refractivity contribution in [2.45, 2.75) is 19.3 Å². The fraction of sp³-hybridized carbons (Fsp3) is 0.333. The summed E-state index contributed by atoms with van der Waals surface area (Å²) in [6.07, 6.45) is -4.32. The van der Waals surface area contributed by atoms with Gasteiger partial charge in [-0.2, -0.15) is 13.2 Å². The second-order valence-corrected chi connectivity index (χ2v) is 6.40. The number of alkyl halides is 3. The molecule has 0 spiro atoms. The average Bonchev–Trinajstić information content (AvgIpc) is 2.74. The van der Waals surface area contributed by atoms with Gasteiger partial charge in [0.05, 0.1) is 6.61 Å². The van der Waals surface area contributed by atoms with Gasteiger partial charge >= 0.3 is 6.18 Å². The third-order valence-electron chi connectivity index (χ3n) is 3.98. The Kier molecular flexibility index (Phi) is 11.9. The summed E-state index contributed by atoms with van der Waals surface area (Å²) in [5, 5.41) is 9.05. The molecular weight excluding hydrogens is 524 g/mol. The molecule has 31 heavy (non-hydrogen) atoms. The number of ether oxygens (including phenoxy) is 1. The van der Waals surface area contributed by atoms with Crippen molar-refractivity contribution in [3.63, 3.8) is 0 Å². The minimum atomic E-state index is -4.32. The number of carbonyl (C=O) groups excluding carboxylic acids is 1. The number of halogens is 4. The molecule has 0 fully saturated rings. The van der Waals surface area contributed by atoms with E-state index < -0.39 is 12.8 Å². The number of carbonyl (C=O) groups is 1. The topological polar surface area (TPSA) is 74.8 Å². The van der Waals surface area contributed by atoms with Crippen LogP contribution in [0.3, 0.4) is 0 Å². The van der Waals surface area contributed by atoms with Crippen LogP contribution in [0.2, 0.25) is 0 Å². The van der Waals surface area contributed by atoms with Crippen LogP contribution in [0.4, 0.5) is 13.2 Å². The zero-order chi connectivity index (χ0) is 21.8. The van der Waals surface area contributed by atoms with Gasteiger partial charge in [0.25, 0.3) is 5.91 Å². The number of amides is 1. The van der Waals surface area contributed by atoms with Gasteiger partial charge in [0.1, 0.15) is 6.61 Å². The first kappa shape index (κ1) is 26.7. The second kappa shape index (κ2) is 13.9. The summed E-state index contributed by atoms with van der Waals surface area (Å²) in [5.74, 6) is 0.432. The number of aliphatic imine (C=N–C) groups is 1. The minimum Gasteiger partial charge on any atom is -0.367 e. The van der Waals surface area contributed by atoms with Gasteiger partial charge in [0.15, 0.2) is 5.96 Å². The number of nitrogens with one attached hydrogen (secondary N) is 3. The normalized spacial score (nSPS) is 11.4. The van der Waals surface area contributed by atoms with Gasteiger partial charge < -0.3 is 20.7 Å². The molecule has 3 N–H and O–H groups in total. The Balaban J connectivity index is 0.00000480. The Labute approximate surface area is 196 Å². The quantitative estimate of drug-likeness (QED) is 0.194. The molecule has 0 unspecified atom stereocenters. The lowest BCUT2D eigenvalue weighted by atomic mass is 10.1. The van der Waals surface area contributed by atoms with Crippen molar-refractivity contribution >= 4 is 35.8 Å². The van der Waals surface area contributed by atoms with Crippen molar-refractivity contribution in [1.82, 2.24) is 16.0 Å². The van der Waals surface area contributed by atoms with Crippen LogP contribution in [0.15, 0.2) is 59.6 Å². The van der Waals surface area contributed by atoms with Gasteiger partial charge in [0, 0.05) is 32.2 Å². The van der Waals surface area contributed by atoms with Gasteiger partial charge in [-0.15, -0.1) is 24.0 Å². The van der Waals surface area contributed by atoms with Gasteiger partial charge in [-0.1, -0.05) is 42.5 Å². The van der Waals surface area contributed by atoms with Crippen LogP contribution < -0.4 is 16.0 Å². The van der Waals surface area contributed by atoms with Crippen LogP contribution in [0, 0.1) is 0 Å². The van der Waals surface area contributed by atoms with Gasteiger partial charge in [0.2, 0.25) is 0 Å². The number of hydrogen-bond donors (Lipinski definition) is 3. The predicted octanol–water partition coefficient (Wildman–Crippen LogP) is 3.48. The van der Waals surface area contributed by atoms with Crippen molar-refractivity contribution in [1.29, 1.82) is 0 Å². The molecule has 2 aromatic carbocycles. The molecule has 2 aromatic rings. The monoisotopic (exact) mass is 550 g/mol. The van der Waals surface area contributed by atoms with Crippen molar-refractivity contribution in [2.75, 3.05) is 26.7 Å². The van der Waals surface area contributed by atoms with Gasteiger partial charge in [-0.25, -0.2) is 0 Å². The number of hydrogen-bond acceptors (Lipinski definition) is 3. The smallest absolute Gasteiger partial charge is 0.367 e. The Morgan fingerprint density at radius 2 is 1.55 bits per heavy atom. The average molecular weight is 550 g/mol. The Morgan fingerprint density at radius 3 is 2.16 bits per heavy atom. The second-order valence-electron chi connectivity index (χ2n) is 6.40. The fourth-order valence-corrected chi connectivity index (χ4v) is 2.49. The number of nitrogens with zero attached hydrogens (tertiary/aromatic N) is 1. The Hall–Kier alpha value is -2.34. The lowest BCUT2D eigenvalue weighted by molar-refractivity contribution is -0.176. The maximum Gasteiger partial charge on any atom is 0.411 e.